The quantitative estimate of drug-likeness (QED) is 0.717. The second-order valence-electron chi connectivity index (χ2n) is 4.34. The van der Waals surface area contributed by atoms with Crippen molar-refractivity contribution >= 4 is 11.2 Å². The summed E-state index contributed by atoms with van der Waals surface area (Å²) in [6.07, 6.45) is -3.85. The number of hydrogen-bond donors (Lipinski definition) is 0. The SMILES string of the molecule is FC(F)(F)Cc1nc2cccnc2n1-c1ccccc1. The highest BCUT2D eigenvalue weighted by Gasteiger charge is 2.31. The van der Waals surface area contributed by atoms with Crippen LogP contribution in [0.4, 0.5) is 13.2 Å². The molecule has 3 nitrogen and oxygen atoms in total. The second kappa shape index (κ2) is 4.63. The molecule has 1 aromatic carbocycles. The Bertz CT molecular complexity index is 732. The molecule has 0 unspecified atom stereocenters. The van der Waals surface area contributed by atoms with E-state index in [4.69, 9.17) is 0 Å². The van der Waals surface area contributed by atoms with Crippen LogP contribution < -0.4 is 0 Å². The maximum atomic E-state index is 12.7. The summed E-state index contributed by atoms with van der Waals surface area (Å²) in [5.41, 5.74) is 1.50. The molecule has 0 aliphatic heterocycles. The average Bonchev–Trinajstić information content (AvgIpc) is 2.75. The van der Waals surface area contributed by atoms with Crippen molar-refractivity contribution in [1.82, 2.24) is 14.5 Å². The van der Waals surface area contributed by atoms with Crippen molar-refractivity contribution in [3.8, 4) is 5.69 Å². The standard InChI is InChI=1S/C14H10F3N3/c15-14(16,17)9-12-19-11-7-4-8-18-13(11)20(12)10-5-2-1-3-6-10/h1-8H,9H2. The molecule has 0 bridgehead atoms. The highest BCUT2D eigenvalue weighted by Crippen LogP contribution is 2.26. The number of pyridine rings is 1. The molecule has 0 radical (unpaired) electrons. The first-order valence-electron chi connectivity index (χ1n) is 5.99. The predicted molar refractivity (Wildman–Crippen MR) is 68.6 cm³/mol. The zero-order valence-electron chi connectivity index (χ0n) is 10.3. The highest BCUT2D eigenvalue weighted by molar-refractivity contribution is 5.73. The van der Waals surface area contributed by atoms with Gasteiger partial charge in [0.2, 0.25) is 0 Å². The van der Waals surface area contributed by atoms with Gasteiger partial charge in [0.05, 0.1) is 0 Å². The van der Waals surface area contributed by atoms with Crippen LogP contribution in [-0.2, 0) is 6.42 Å². The van der Waals surface area contributed by atoms with Gasteiger partial charge in [-0.05, 0) is 24.3 Å². The van der Waals surface area contributed by atoms with Crippen LogP contribution in [0.1, 0.15) is 5.82 Å². The fraction of sp³-hybridized carbons (Fsp3) is 0.143. The van der Waals surface area contributed by atoms with Crippen LogP contribution in [0.2, 0.25) is 0 Å². The van der Waals surface area contributed by atoms with Gasteiger partial charge in [0.1, 0.15) is 17.8 Å². The predicted octanol–water partition coefficient (Wildman–Crippen LogP) is 3.53. The van der Waals surface area contributed by atoms with E-state index < -0.39 is 12.6 Å². The molecule has 0 aliphatic carbocycles. The Kier molecular flexibility index (Phi) is 2.93. The molecule has 2 heterocycles. The lowest BCUT2D eigenvalue weighted by molar-refractivity contribution is -0.128. The first-order valence-corrected chi connectivity index (χ1v) is 5.99. The molecular formula is C14H10F3N3. The van der Waals surface area contributed by atoms with Crippen molar-refractivity contribution < 1.29 is 13.2 Å². The normalized spacial score (nSPS) is 11.9. The molecule has 0 saturated carbocycles. The van der Waals surface area contributed by atoms with Crippen LogP contribution in [-0.4, -0.2) is 20.7 Å². The number of aromatic nitrogens is 3. The van der Waals surface area contributed by atoms with Gasteiger partial charge in [0, 0.05) is 11.9 Å². The number of benzene rings is 1. The van der Waals surface area contributed by atoms with E-state index in [0.717, 1.165) is 0 Å². The molecule has 0 fully saturated rings. The van der Waals surface area contributed by atoms with E-state index in [1.54, 1.807) is 48.7 Å². The molecule has 20 heavy (non-hydrogen) atoms. The lowest BCUT2D eigenvalue weighted by atomic mass is 10.3. The molecule has 2 aromatic heterocycles. The molecule has 0 N–H and O–H groups in total. The number of imidazole rings is 1. The fourth-order valence-electron chi connectivity index (χ4n) is 2.11. The van der Waals surface area contributed by atoms with Crippen molar-refractivity contribution in [2.24, 2.45) is 0 Å². The van der Waals surface area contributed by atoms with Crippen LogP contribution >= 0.6 is 0 Å². The van der Waals surface area contributed by atoms with Crippen LogP contribution in [0.3, 0.4) is 0 Å². The van der Waals surface area contributed by atoms with E-state index in [-0.39, 0.29) is 5.82 Å². The molecular weight excluding hydrogens is 267 g/mol. The minimum atomic E-state index is -4.31. The van der Waals surface area contributed by atoms with Gasteiger partial charge in [-0.25, -0.2) is 9.97 Å². The Morgan fingerprint density at radius 1 is 1.00 bits per heavy atom. The van der Waals surface area contributed by atoms with Gasteiger partial charge >= 0.3 is 6.18 Å². The molecule has 102 valence electrons. The van der Waals surface area contributed by atoms with Crippen LogP contribution in [0, 0.1) is 0 Å². The van der Waals surface area contributed by atoms with Gasteiger partial charge in [-0.3, -0.25) is 4.57 Å². The van der Waals surface area contributed by atoms with Gasteiger partial charge in [-0.15, -0.1) is 0 Å². The van der Waals surface area contributed by atoms with Gasteiger partial charge < -0.3 is 0 Å². The van der Waals surface area contributed by atoms with Gasteiger partial charge in [-0.2, -0.15) is 13.2 Å². The van der Waals surface area contributed by atoms with E-state index in [1.807, 2.05) is 0 Å². The van der Waals surface area contributed by atoms with Gasteiger partial charge in [-0.1, -0.05) is 18.2 Å². The molecule has 0 atom stereocenters. The first kappa shape index (κ1) is 12.7. The Balaban J connectivity index is 2.24. The molecule has 0 spiro atoms. The number of hydrogen-bond acceptors (Lipinski definition) is 2. The lowest BCUT2D eigenvalue weighted by Crippen LogP contribution is -2.15. The van der Waals surface area contributed by atoms with Crippen molar-refractivity contribution in [3.63, 3.8) is 0 Å². The van der Waals surface area contributed by atoms with Gasteiger partial charge in [0.25, 0.3) is 0 Å². The molecule has 3 aromatic rings. The molecule has 0 amide bonds. The van der Waals surface area contributed by atoms with Crippen molar-refractivity contribution in [3.05, 3.63) is 54.5 Å². The van der Waals surface area contributed by atoms with E-state index in [1.165, 1.54) is 4.57 Å². The summed E-state index contributed by atoms with van der Waals surface area (Å²) in [4.78, 5) is 8.20. The van der Waals surface area contributed by atoms with Crippen LogP contribution in [0.25, 0.3) is 16.9 Å². The topological polar surface area (TPSA) is 30.7 Å². The number of para-hydroxylation sites is 1. The number of alkyl halides is 3. The second-order valence-corrected chi connectivity index (χ2v) is 4.34. The molecule has 0 aliphatic rings. The van der Waals surface area contributed by atoms with Gasteiger partial charge in [0.15, 0.2) is 5.65 Å². The Hall–Kier alpha value is -2.37. The monoisotopic (exact) mass is 277 g/mol. The largest absolute Gasteiger partial charge is 0.396 e. The number of halogens is 3. The third-order valence-corrected chi connectivity index (χ3v) is 2.86. The Labute approximate surface area is 112 Å². The summed E-state index contributed by atoms with van der Waals surface area (Å²) in [6.45, 7) is 0. The third kappa shape index (κ3) is 2.36. The molecule has 0 saturated heterocycles. The first-order chi connectivity index (χ1) is 9.54. The fourth-order valence-corrected chi connectivity index (χ4v) is 2.11. The average molecular weight is 277 g/mol. The minimum Gasteiger partial charge on any atom is -0.280 e. The highest BCUT2D eigenvalue weighted by atomic mass is 19.4. The lowest BCUT2D eigenvalue weighted by Gasteiger charge is -2.10. The van der Waals surface area contributed by atoms with Crippen LogP contribution in [0.5, 0.6) is 0 Å². The van der Waals surface area contributed by atoms with E-state index in [0.29, 0.717) is 16.9 Å². The smallest absolute Gasteiger partial charge is 0.280 e. The van der Waals surface area contributed by atoms with E-state index in [9.17, 15) is 13.2 Å². The Morgan fingerprint density at radius 2 is 1.75 bits per heavy atom. The summed E-state index contributed by atoms with van der Waals surface area (Å²) in [7, 11) is 0. The maximum Gasteiger partial charge on any atom is 0.396 e. The summed E-state index contributed by atoms with van der Waals surface area (Å²) in [5.74, 6) is -0.0580. The van der Waals surface area contributed by atoms with Crippen molar-refractivity contribution in [1.29, 1.82) is 0 Å². The minimum absolute atomic E-state index is 0.0580. The third-order valence-electron chi connectivity index (χ3n) is 2.86. The van der Waals surface area contributed by atoms with E-state index in [2.05, 4.69) is 9.97 Å². The van der Waals surface area contributed by atoms with Crippen LogP contribution in [0.15, 0.2) is 48.7 Å². The molecule has 6 heteroatoms. The van der Waals surface area contributed by atoms with Crippen molar-refractivity contribution in [2.75, 3.05) is 0 Å². The zero-order chi connectivity index (χ0) is 14.2. The van der Waals surface area contributed by atoms with E-state index >= 15 is 0 Å². The summed E-state index contributed by atoms with van der Waals surface area (Å²) >= 11 is 0. The maximum absolute atomic E-state index is 12.7. The molecule has 3 rings (SSSR count). The zero-order valence-corrected chi connectivity index (χ0v) is 10.3. The number of rotatable bonds is 2. The Morgan fingerprint density at radius 3 is 2.45 bits per heavy atom. The summed E-state index contributed by atoms with van der Waals surface area (Å²) in [5, 5.41) is 0. The number of nitrogens with zero attached hydrogens (tertiary/aromatic N) is 3. The number of fused-ring (bicyclic) bond motifs is 1. The van der Waals surface area contributed by atoms with Crippen molar-refractivity contribution in [2.45, 2.75) is 12.6 Å². The summed E-state index contributed by atoms with van der Waals surface area (Å²) < 4.78 is 39.5. The summed E-state index contributed by atoms with van der Waals surface area (Å²) in [6, 6.07) is 12.1.